The van der Waals surface area contributed by atoms with E-state index < -0.39 is 6.10 Å². The highest BCUT2D eigenvalue weighted by Crippen LogP contribution is 2.13. The molecule has 0 aliphatic carbocycles. The molecule has 67 heavy (non-hydrogen) atoms. The van der Waals surface area contributed by atoms with Crippen LogP contribution in [-0.4, -0.2) is 37.2 Å². The van der Waals surface area contributed by atoms with Crippen LogP contribution in [0.1, 0.15) is 265 Å². The molecule has 0 N–H and O–H groups in total. The second-order valence-electron chi connectivity index (χ2n) is 18.5. The molecule has 0 radical (unpaired) electrons. The summed E-state index contributed by atoms with van der Waals surface area (Å²) in [6.07, 6.45) is 71.4. The van der Waals surface area contributed by atoms with Crippen molar-refractivity contribution in [1.82, 2.24) is 0 Å². The van der Waals surface area contributed by atoms with Crippen LogP contribution in [0.5, 0.6) is 0 Å². The van der Waals surface area contributed by atoms with Crippen molar-refractivity contribution in [3.8, 4) is 0 Å². The molecule has 0 aliphatic heterocycles. The fraction of sp³-hybridized carbons (Fsp3) is 0.721. The summed E-state index contributed by atoms with van der Waals surface area (Å²) in [5.74, 6) is -0.995. The first-order valence-electron chi connectivity index (χ1n) is 28.1. The Morgan fingerprint density at radius 2 is 0.612 bits per heavy atom. The fourth-order valence-electron chi connectivity index (χ4n) is 7.63. The van der Waals surface area contributed by atoms with Gasteiger partial charge in [0.2, 0.25) is 0 Å². The molecule has 0 bridgehead atoms. The largest absolute Gasteiger partial charge is 0.462 e. The van der Waals surface area contributed by atoms with Crippen molar-refractivity contribution in [2.45, 2.75) is 271 Å². The van der Waals surface area contributed by atoms with Crippen LogP contribution in [0.15, 0.2) is 85.1 Å². The fourth-order valence-corrected chi connectivity index (χ4v) is 7.63. The third kappa shape index (κ3) is 53.4. The molecule has 0 saturated carbocycles. The first kappa shape index (κ1) is 63.6. The van der Waals surface area contributed by atoms with E-state index in [1.165, 1.54) is 122 Å². The molecule has 0 amide bonds. The minimum Gasteiger partial charge on any atom is -0.462 e. The molecule has 6 nitrogen and oxygen atoms in total. The van der Waals surface area contributed by atoms with Gasteiger partial charge in [0, 0.05) is 19.3 Å². The van der Waals surface area contributed by atoms with Crippen LogP contribution in [0, 0.1) is 0 Å². The molecule has 1 atom stereocenters. The highest BCUT2D eigenvalue weighted by molar-refractivity contribution is 5.71. The van der Waals surface area contributed by atoms with Crippen molar-refractivity contribution in [2.24, 2.45) is 0 Å². The van der Waals surface area contributed by atoms with Crippen molar-refractivity contribution in [3.05, 3.63) is 85.1 Å². The Bertz CT molecular complexity index is 1300. The number of ether oxygens (including phenoxy) is 3. The van der Waals surface area contributed by atoms with Gasteiger partial charge in [-0.1, -0.05) is 228 Å². The van der Waals surface area contributed by atoms with Crippen LogP contribution in [0.25, 0.3) is 0 Å². The number of carbonyl (C=O) groups excluding carboxylic acids is 3. The maximum atomic E-state index is 12.8. The maximum absolute atomic E-state index is 12.8. The number of unbranched alkanes of at least 4 members (excludes halogenated alkanes) is 27. The van der Waals surface area contributed by atoms with Crippen LogP contribution in [-0.2, 0) is 28.6 Å². The van der Waals surface area contributed by atoms with E-state index in [-0.39, 0.29) is 37.5 Å². The lowest BCUT2D eigenvalue weighted by Crippen LogP contribution is -2.30. The highest BCUT2D eigenvalue weighted by Gasteiger charge is 2.19. The van der Waals surface area contributed by atoms with Crippen molar-refractivity contribution in [1.29, 1.82) is 0 Å². The topological polar surface area (TPSA) is 78.9 Å². The minimum atomic E-state index is -0.818. The summed E-state index contributed by atoms with van der Waals surface area (Å²) in [7, 11) is 0. The van der Waals surface area contributed by atoms with Crippen molar-refractivity contribution in [3.63, 3.8) is 0 Å². The average molecular weight is 933 g/mol. The first-order valence-corrected chi connectivity index (χ1v) is 28.1. The van der Waals surface area contributed by atoms with E-state index in [0.29, 0.717) is 19.3 Å². The Morgan fingerprint density at radius 3 is 1.03 bits per heavy atom. The Morgan fingerprint density at radius 1 is 0.313 bits per heavy atom. The summed E-state index contributed by atoms with van der Waals surface area (Å²) in [4.78, 5) is 38.1. The van der Waals surface area contributed by atoms with Gasteiger partial charge in [-0.05, 0) is 103 Å². The highest BCUT2D eigenvalue weighted by atomic mass is 16.6. The van der Waals surface area contributed by atoms with Gasteiger partial charge >= 0.3 is 17.9 Å². The van der Waals surface area contributed by atoms with E-state index in [9.17, 15) is 14.4 Å². The number of hydrogen-bond donors (Lipinski definition) is 0. The van der Waals surface area contributed by atoms with E-state index in [2.05, 4.69) is 106 Å². The van der Waals surface area contributed by atoms with Gasteiger partial charge in [-0.3, -0.25) is 14.4 Å². The van der Waals surface area contributed by atoms with Gasteiger partial charge in [0.05, 0.1) is 0 Å². The molecule has 0 fully saturated rings. The third-order valence-electron chi connectivity index (χ3n) is 11.9. The zero-order chi connectivity index (χ0) is 48.6. The van der Waals surface area contributed by atoms with Gasteiger partial charge in [0.1, 0.15) is 13.2 Å². The number of hydrogen-bond acceptors (Lipinski definition) is 6. The van der Waals surface area contributed by atoms with E-state index in [1.54, 1.807) is 0 Å². The molecule has 0 spiro atoms. The van der Waals surface area contributed by atoms with Gasteiger partial charge < -0.3 is 14.2 Å². The molecule has 0 aromatic rings. The normalized spacial score (nSPS) is 12.7. The quantitative estimate of drug-likeness (QED) is 0.0199. The summed E-state index contributed by atoms with van der Waals surface area (Å²) < 4.78 is 16.8. The second-order valence-corrected chi connectivity index (χ2v) is 18.5. The van der Waals surface area contributed by atoms with Gasteiger partial charge in [-0.25, -0.2) is 0 Å². The second kappa shape index (κ2) is 55.2. The molecule has 0 heterocycles. The summed E-state index contributed by atoms with van der Waals surface area (Å²) in [5, 5.41) is 0. The number of carbonyl (C=O) groups is 3. The van der Waals surface area contributed by atoms with E-state index >= 15 is 0 Å². The zero-order valence-electron chi connectivity index (χ0n) is 43.9. The summed E-state index contributed by atoms with van der Waals surface area (Å²) in [5.41, 5.74) is 0. The van der Waals surface area contributed by atoms with Crippen LogP contribution in [0.2, 0.25) is 0 Å². The minimum absolute atomic E-state index is 0.111. The van der Waals surface area contributed by atoms with Gasteiger partial charge in [0.15, 0.2) is 6.10 Å². The Labute approximate surface area is 414 Å². The Balaban J connectivity index is 4.52. The Hall–Kier alpha value is -3.41. The maximum Gasteiger partial charge on any atom is 0.306 e. The molecule has 0 aliphatic rings. The summed E-state index contributed by atoms with van der Waals surface area (Å²) in [6.45, 7) is 6.54. The lowest BCUT2D eigenvalue weighted by atomic mass is 10.1. The summed E-state index contributed by atoms with van der Waals surface area (Å²) >= 11 is 0. The molecule has 0 aromatic carbocycles. The average Bonchev–Trinajstić information content (AvgIpc) is 3.33. The molecular formula is C61H104O6. The van der Waals surface area contributed by atoms with Gasteiger partial charge in [0.25, 0.3) is 0 Å². The zero-order valence-corrected chi connectivity index (χ0v) is 43.9. The predicted molar refractivity (Wildman–Crippen MR) is 288 cm³/mol. The van der Waals surface area contributed by atoms with Crippen LogP contribution >= 0.6 is 0 Å². The smallest absolute Gasteiger partial charge is 0.306 e. The van der Waals surface area contributed by atoms with Crippen LogP contribution < -0.4 is 0 Å². The van der Waals surface area contributed by atoms with Gasteiger partial charge in [-0.2, -0.15) is 0 Å². The monoisotopic (exact) mass is 933 g/mol. The molecule has 6 heteroatoms. The van der Waals surface area contributed by atoms with Crippen molar-refractivity contribution in [2.75, 3.05) is 13.2 Å². The molecule has 1 unspecified atom stereocenters. The third-order valence-corrected chi connectivity index (χ3v) is 11.9. The van der Waals surface area contributed by atoms with E-state index in [4.69, 9.17) is 14.2 Å². The lowest BCUT2D eigenvalue weighted by molar-refractivity contribution is -0.167. The molecule has 0 saturated heterocycles. The SMILES string of the molecule is CCCCCCC\C=C/C=C\C=C/CCCCCCCC(=O)OCC(COC(=O)CCCCC/C=C\CCCCCCCCC)OC(=O)CCC/C=C\C/C=C\C/C=C\CCCCCCCC. The van der Waals surface area contributed by atoms with Crippen LogP contribution in [0.3, 0.4) is 0 Å². The lowest BCUT2D eigenvalue weighted by Gasteiger charge is -2.18. The van der Waals surface area contributed by atoms with E-state index in [0.717, 1.165) is 96.3 Å². The Kier molecular flexibility index (Phi) is 52.4. The first-order chi connectivity index (χ1) is 33.0. The molecule has 384 valence electrons. The van der Waals surface area contributed by atoms with Crippen LogP contribution in [0.4, 0.5) is 0 Å². The van der Waals surface area contributed by atoms with E-state index in [1.807, 2.05) is 0 Å². The summed E-state index contributed by atoms with van der Waals surface area (Å²) in [6, 6.07) is 0. The number of allylic oxidation sites excluding steroid dienone is 14. The number of esters is 3. The molecule has 0 aromatic heterocycles. The molecule has 0 rings (SSSR count). The standard InChI is InChI=1S/C61H104O6/c1-4-7-10-13-16-19-22-25-28-30-32-33-36-39-42-45-48-51-54-60(63)66-57-58(56-65-59(62)53-50-47-44-41-38-35-27-24-21-18-15-12-9-6-3)67-61(64)55-52-49-46-43-40-37-34-31-29-26-23-20-17-14-11-8-5-2/h22,25-26,28-30,32-35,37-38,43,46,58H,4-21,23-24,27,31,36,39-42,44-45,47-57H2,1-3H3/b25-22-,29-26-,30-28-,33-32-,37-34-,38-35-,46-43-. The molecular weight excluding hydrogens is 829 g/mol. The van der Waals surface area contributed by atoms with Gasteiger partial charge in [-0.15, -0.1) is 0 Å². The number of rotatable bonds is 50. The van der Waals surface area contributed by atoms with Crippen molar-refractivity contribution >= 4 is 17.9 Å². The predicted octanol–water partition coefficient (Wildman–Crippen LogP) is 18.8. The van der Waals surface area contributed by atoms with Crippen molar-refractivity contribution < 1.29 is 28.6 Å².